The van der Waals surface area contributed by atoms with E-state index in [4.69, 9.17) is 42.3 Å². The van der Waals surface area contributed by atoms with E-state index in [0.29, 0.717) is 5.56 Å². The van der Waals surface area contributed by atoms with Crippen LogP contribution in [-0.2, 0) is 42.9 Å². The van der Waals surface area contributed by atoms with Crippen LogP contribution in [0.15, 0.2) is 76.0 Å². The molecular weight excluding hydrogens is 932 g/mol. The van der Waals surface area contributed by atoms with Gasteiger partial charge in [0.2, 0.25) is 12.6 Å². The highest BCUT2D eigenvalue weighted by Gasteiger charge is 2.55. The summed E-state index contributed by atoms with van der Waals surface area (Å²) in [5.41, 5.74) is -0.682. The fraction of sp³-hybridized carbons (Fsp3) is 0.372. The number of carbonyl (C=O) groups is 4. The Morgan fingerprint density at radius 2 is 1.16 bits per heavy atom. The number of phenolic OH excluding ortho intramolecular Hbond substituents is 2. The molecule has 4 heterocycles. The Hall–Kier alpha value is -6.95. The number of aromatic hydroxyl groups is 2. The van der Waals surface area contributed by atoms with Crippen LogP contribution >= 0.6 is 0 Å². The lowest BCUT2D eigenvalue weighted by atomic mass is 9.96. The van der Waals surface area contributed by atoms with Crippen molar-refractivity contribution in [3.8, 4) is 40.1 Å². The van der Waals surface area contributed by atoms with Crippen LogP contribution in [0.5, 0.6) is 28.7 Å². The van der Waals surface area contributed by atoms with Gasteiger partial charge in [0.05, 0.1) is 7.11 Å². The molecule has 3 fully saturated rings. The highest BCUT2D eigenvalue weighted by molar-refractivity contribution is 5.88. The molecule has 3 aliphatic rings. The number of carboxylic acid groups (broad SMARTS) is 3. The maximum atomic E-state index is 13.3. The van der Waals surface area contributed by atoms with Gasteiger partial charge >= 0.3 is 23.9 Å². The molecule has 0 saturated carbocycles. The SMILES string of the molecule is COc1cc(/C=C/C(=O)OC2C(OC3C(Oc4cc(O)c5c(=O)cc(-c6ccc(OC7OC(C(=O)O)C(O)C(O)C7O)cc6)oc5c4)OC(C(=O)O)C(O)C3O)OC(C(=O)O)C(O)C2O)ccc1O. The molecule has 3 saturated heterocycles. The first-order chi connectivity index (χ1) is 32.7. The lowest BCUT2D eigenvalue weighted by Gasteiger charge is -2.45. The van der Waals surface area contributed by atoms with E-state index in [1.807, 2.05) is 0 Å². The minimum Gasteiger partial charge on any atom is -0.507 e. The van der Waals surface area contributed by atoms with E-state index in [2.05, 4.69) is 0 Å². The number of phenols is 2. The third kappa shape index (κ3) is 10.4. The van der Waals surface area contributed by atoms with Crippen molar-refractivity contribution in [3.63, 3.8) is 0 Å². The van der Waals surface area contributed by atoms with Crippen LogP contribution in [-0.4, -0.2) is 184 Å². The van der Waals surface area contributed by atoms with E-state index in [-0.39, 0.29) is 34.2 Å². The molecule has 3 aromatic carbocycles. The number of carbonyl (C=O) groups excluding carboxylic acids is 1. The van der Waals surface area contributed by atoms with Crippen LogP contribution < -0.4 is 19.6 Å². The van der Waals surface area contributed by atoms with E-state index < -0.39 is 138 Å². The van der Waals surface area contributed by atoms with Gasteiger partial charge in [-0.15, -0.1) is 0 Å². The number of aliphatic hydroxyl groups excluding tert-OH is 7. The average Bonchev–Trinajstić information content (AvgIpc) is 3.30. The Morgan fingerprint density at radius 3 is 1.77 bits per heavy atom. The molecule has 15 atom stereocenters. The second-order valence-electron chi connectivity index (χ2n) is 15.5. The number of fused-ring (bicyclic) bond motifs is 1. The zero-order valence-corrected chi connectivity index (χ0v) is 35.2. The Morgan fingerprint density at radius 1 is 0.594 bits per heavy atom. The summed E-state index contributed by atoms with van der Waals surface area (Å²) in [5, 5.41) is 123. The van der Waals surface area contributed by atoms with Gasteiger partial charge in [0.25, 0.3) is 0 Å². The van der Waals surface area contributed by atoms with Crippen molar-refractivity contribution in [1.29, 1.82) is 0 Å². The van der Waals surface area contributed by atoms with Crippen molar-refractivity contribution >= 4 is 40.9 Å². The molecule has 15 unspecified atom stereocenters. The second kappa shape index (κ2) is 20.3. The summed E-state index contributed by atoms with van der Waals surface area (Å²) in [6.45, 7) is 0. The van der Waals surface area contributed by atoms with Crippen molar-refractivity contribution in [2.45, 2.75) is 92.1 Å². The second-order valence-corrected chi connectivity index (χ2v) is 15.5. The molecule has 12 N–H and O–H groups in total. The molecule has 0 spiro atoms. The molecule has 1 aromatic heterocycles. The standard InChI is InChI=1S/C43H42O26/c1-61-22-10-14(2-8-18(22)44)3-9-24(47)65-36-30(52)28(50)35(40(59)60)68-43(36)69-37-31(53)29(51)34(39(57)58)67-42(37)63-17-11-19(45)25-20(46)13-21(64-23(25)12-17)15-4-6-16(7-5-15)62-41-32(54)26(48)27(49)33(66-41)38(55)56/h2-13,26-37,41-45,48-54H,1H3,(H,55,56)(H,57,58)(H,59,60)/b9-3+. The van der Waals surface area contributed by atoms with E-state index in [1.54, 1.807) is 0 Å². The summed E-state index contributed by atoms with van der Waals surface area (Å²) in [6, 6.07) is 12.1. The summed E-state index contributed by atoms with van der Waals surface area (Å²) in [4.78, 5) is 62.1. The zero-order valence-electron chi connectivity index (χ0n) is 35.2. The zero-order chi connectivity index (χ0) is 50.2. The van der Waals surface area contributed by atoms with Crippen molar-refractivity contribution in [2.24, 2.45) is 0 Å². The van der Waals surface area contributed by atoms with E-state index >= 15 is 0 Å². The third-order valence-electron chi connectivity index (χ3n) is 11.0. The molecule has 26 heteroatoms. The number of rotatable bonds is 14. The summed E-state index contributed by atoms with van der Waals surface area (Å²) in [7, 11) is 1.28. The Bertz CT molecular complexity index is 2650. The van der Waals surface area contributed by atoms with Crippen LogP contribution in [0, 0.1) is 0 Å². The lowest BCUT2D eigenvalue weighted by molar-refractivity contribution is -0.350. The summed E-state index contributed by atoms with van der Waals surface area (Å²) in [5.74, 6) is -8.15. The minimum absolute atomic E-state index is 0.0413. The number of esters is 1. The summed E-state index contributed by atoms with van der Waals surface area (Å²) < 4.78 is 49.3. The van der Waals surface area contributed by atoms with Crippen LogP contribution in [0.3, 0.4) is 0 Å². The third-order valence-corrected chi connectivity index (χ3v) is 11.0. The van der Waals surface area contributed by atoms with Gasteiger partial charge in [-0.1, -0.05) is 6.07 Å². The van der Waals surface area contributed by atoms with Gasteiger partial charge in [0.1, 0.15) is 76.7 Å². The molecule has 69 heavy (non-hydrogen) atoms. The fourth-order valence-electron chi connectivity index (χ4n) is 7.42. The first kappa shape index (κ1) is 49.9. The largest absolute Gasteiger partial charge is 0.507 e. The van der Waals surface area contributed by atoms with E-state index in [1.165, 1.54) is 55.7 Å². The lowest BCUT2D eigenvalue weighted by Crippen LogP contribution is -2.66. The summed E-state index contributed by atoms with van der Waals surface area (Å²) in [6.07, 6.45) is -29.8. The number of benzene rings is 3. The van der Waals surface area contributed by atoms with Gasteiger partial charge < -0.3 is 104 Å². The van der Waals surface area contributed by atoms with Crippen LogP contribution in [0.2, 0.25) is 0 Å². The predicted octanol–water partition coefficient (Wildman–Crippen LogP) is -2.40. The number of carboxylic acids is 3. The minimum atomic E-state index is -2.32. The number of hydrogen-bond acceptors (Lipinski definition) is 23. The molecule has 0 amide bonds. The van der Waals surface area contributed by atoms with Crippen molar-refractivity contribution in [1.82, 2.24) is 0 Å². The van der Waals surface area contributed by atoms with Gasteiger partial charge in [-0.25, -0.2) is 19.2 Å². The molecular formula is C43H42O26. The molecule has 0 radical (unpaired) electrons. The van der Waals surface area contributed by atoms with E-state index in [9.17, 15) is 85.3 Å². The van der Waals surface area contributed by atoms with Gasteiger partial charge in [-0.3, -0.25) is 4.79 Å². The number of aliphatic hydroxyl groups is 7. The van der Waals surface area contributed by atoms with Gasteiger partial charge in [-0.2, -0.15) is 0 Å². The number of methoxy groups -OCH3 is 1. The maximum absolute atomic E-state index is 13.3. The van der Waals surface area contributed by atoms with Crippen LogP contribution in [0.1, 0.15) is 5.56 Å². The highest BCUT2D eigenvalue weighted by Crippen LogP contribution is 2.36. The smallest absolute Gasteiger partial charge is 0.335 e. The number of hydrogen-bond donors (Lipinski definition) is 12. The van der Waals surface area contributed by atoms with Gasteiger partial charge in [-0.05, 0) is 48.0 Å². The first-order valence-electron chi connectivity index (χ1n) is 20.2. The van der Waals surface area contributed by atoms with Crippen LogP contribution in [0.4, 0.5) is 0 Å². The van der Waals surface area contributed by atoms with Gasteiger partial charge in [0, 0.05) is 29.8 Å². The molecule has 0 bridgehead atoms. The van der Waals surface area contributed by atoms with Crippen molar-refractivity contribution in [3.05, 3.63) is 82.5 Å². The topological polar surface area (TPSA) is 415 Å². The van der Waals surface area contributed by atoms with E-state index in [0.717, 1.165) is 24.3 Å². The first-order valence-corrected chi connectivity index (χ1v) is 20.2. The number of aliphatic carboxylic acids is 3. The molecule has 4 aromatic rings. The van der Waals surface area contributed by atoms with Crippen molar-refractivity contribution in [2.75, 3.05) is 7.11 Å². The Kier molecular flexibility index (Phi) is 14.7. The predicted molar refractivity (Wildman–Crippen MR) is 220 cm³/mol. The fourth-order valence-corrected chi connectivity index (χ4v) is 7.42. The molecule has 26 nitrogen and oxygen atoms in total. The van der Waals surface area contributed by atoms with Crippen LogP contribution in [0.25, 0.3) is 28.4 Å². The van der Waals surface area contributed by atoms with Gasteiger partial charge in [0.15, 0.2) is 53.7 Å². The Labute approximate surface area is 385 Å². The van der Waals surface area contributed by atoms with Crippen molar-refractivity contribution < 1.29 is 123 Å². The monoisotopic (exact) mass is 974 g/mol. The molecule has 0 aliphatic carbocycles. The number of ether oxygens (including phenoxy) is 8. The molecule has 3 aliphatic heterocycles. The molecule has 7 rings (SSSR count). The normalized spacial score (nSPS) is 31.4. The quantitative estimate of drug-likeness (QED) is 0.0463. The average molecular weight is 975 g/mol. The molecule has 370 valence electrons. The highest BCUT2D eigenvalue weighted by atomic mass is 16.8. The Balaban J connectivity index is 1.15. The summed E-state index contributed by atoms with van der Waals surface area (Å²) >= 11 is 0. The maximum Gasteiger partial charge on any atom is 0.335 e.